The van der Waals surface area contributed by atoms with Crippen LogP contribution in [0.25, 0.3) is 0 Å². The number of rotatable bonds is 3. The summed E-state index contributed by atoms with van der Waals surface area (Å²) in [6.07, 6.45) is 10.6. The molecule has 3 fully saturated rings. The van der Waals surface area contributed by atoms with Gasteiger partial charge in [-0.1, -0.05) is 13.3 Å². The lowest BCUT2D eigenvalue weighted by Crippen LogP contribution is -2.54. The minimum absolute atomic E-state index is 0.249. The minimum atomic E-state index is 0.249. The molecule has 3 aliphatic rings. The second-order valence-electron chi connectivity index (χ2n) is 6.77. The molecule has 3 aliphatic heterocycles. The summed E-state index contributed by atoms with van der Waals surface area (Å²) in [5.41, 5.74) is 0.704. The second kappa shape index (κ2) is 5.95. The van der Waals surface area contributed by atoms with Crippen molar-refractivity contribution in [2.24, 2.45) is 5.92 Å². The van der Waals surface area contributed by atoms with Crippen molar-refractivity contribution in [1.82, 2.24) is 5.32 Å². The normalized spacial score (nSPS) is 38.7. The SMILES string of the molecule is CCCC1(C2CCOC3(CCSCC3)C2)CCCN1. The molecule has 2 unspecified atom stereocenters. The molecule has 3 rings (SSSR count). The van der Waals surface area contributed by atoms with Gasteiger partial charge in [0, 0.05) is 12.1 Å². The molecule has 3 saturated heterocycles. The van der Waals surface area contributed by atoms with Crippen LogP contribution in [-0.4, -0.2) is 35.8 Å². The molecule has 3 heterocycles. The van der Waals surface area contributed by atoms with Gasteiger partial charge in [-0.15, -0.1) is 0 Å². The van der Waals surface area contributed by atoms with E-state index in [-0.39, 0.29) is 5.60 Å². The smallest absolute Gasteiger partial charge is 0.0701 e. The highest BCUT2D eigenvalue weighted by Crippen LogP contribution is 2.46. The maximum Gasteiger partial charge on any atom is 0.0701 e. The maximum absolute atomic E-state index is 6.28. The Morgan fingerprint density at radius 2 is 2.11 bits per heavy atom. The van der Waals surface area contributed by atoms with E-state index in [2.05, 4.69) is 24.0 Å². The number of ether oxygens (including phenoxy) is 1. The van der Waals surface area contributed by atoms with E-state index in [4.69, 9.17) is 4.74 Å². The van der Waals surface area contributed by atoms with Crippen LogP contribution in [0.1, 0.15) is 58.3 Å². The van der Waals surface area contributed by atoms with Crippen LogP contribution in [0.4, 0.5) is 0 Å². The Hall–Kier alpha value is 0.270. The predicted octanol–water partition coefficient (Wildman–Crippen LogP) is 3.60. The first-order valence-electron chi connectivity index (χ1n) is 8.25. The van der Waals surface area contributed by atoms with Crippen LogP contribution < -0.4 is 5.32 Å². The highest BCUT2D eigenvalue weighted by molar-refractivity contribution is 7.99. The molecule has 0 aromatic rings. The summed E-state index contributed by atoms with van der Waals surface area (Å²) in [7, 11) is 0. The van der Waals surface area contributed by atoms with E-state index < -0.39 is 0 Å². The van der Waals surface area contributed by atoms with E-state index >= 15 is 0 Å². The van der Waals surface area contributed by atoms with Gasteiger partial charge in [-0.2, -0.15) is 11.8 Å². The van der Waals surface area contributed by atoms with E-state index in [1.54, 1.807) is 0 Å². The Bertz CT molecular complexity index is 290. The van der Waals surface area contributed by atoms with Gasteiger partial charge in [0.1, 0.15) is 0 Å². The van der Waals surface area contributed by atoms with E-state index in [1.807, 2.05) is 0 Å². The summed E-state index contributed by atoms with van der Waals surface area (Å²) in [5.74, 6) is 3.47. The van der Waals surface area contributed by atoms with Crippen LogP contribution in [0.5, 0.6) is 0 Å². The van der Waals surface area contributed by atoms with Crippen LogP contribution >= 0.6 is 11.8 Å². The quantitative estimate of drug-likeness (QED) is 0.855. The van der Waals surface area contributed by atoms with Crippen LogP contribution in [0.3, 0.4) is 0 Å². The molecule has 0 amide bonds. The molecule has 19 heavy (non-hydrogen) atoms. The molecule has 110 valence electrons. The summed E-state index contributed by atoms with van der Waals surface area (Å²) in [6, 6.07) is 0. The summed E-state index contributed by atoms with van der Waals surface area (Å²) in [5, 5.41) is 3.90. The molecule has 0 aromatic carbocycles. The van der Waals surface area contributed by atoms with Crippen molar-refractivity contribution in [3.63, 3.8) is 0 Å². The fraction of sp³-hybridized carbons (Fsp3) is 1.00. The maximum atomic E-state index is 6.28. The highest BCUT2D eigenvalue weighted by Gasteiger charge is 2.47. The van der Waals surface area contributed by atoms with E-state index in [0.29, 0.717) is 5.54 Å². The molecule has 3 heteroatoms. The minimum Gasteiger partial charge on any atom is -0.375 e. The van der Waals surface area contributed by atoms with E-state index in [0.717, 1.165) is 12.5 Å². The Balaban J connectivity index is 1.72. The topological polar surface area (TPSA) is 21.3 Å². The lowest BCUT2D eigenvalue weighted by molar-refractivity contribution is -0.116. The molecular weight excluding hydrogens is 254 g/mol. The van der Waals surface area contributed by atoms with Crippen LogP contribution in [0, 0.1) is 5.92 Å². The molecule has 0 aromatic heterocycles. The molecule has 1 N–H and O–H groups in total. The van der Waals surface area contributed by atoms with Gasteiger partial charge in [0.15, 0.2) is 0 Å². The predicted molar refractivity (Wildman–Crippen MR) is 82.8 cm³/mol. The lowest BCUT2D eigenvalue weighted by Gasteiger charge is -2.49. The highest BCUT2D eigenvalue weighted by atomic mass is 32.2. The van der Waals surface area contributed by atoms with Crippen molar-refractivity contribution < 1.29 is 4.74 Å². The third-order valence-electron chi connectivity index (χ3n) is 5.65. The molecule has 0 bridgehead atoms. The summed E-state index contributed by atoms with van der Waals surface area (Å²) < 4.78 is 6.28. The van der Waals surface area contributed by atoms with Crippen molar-refractivity contribution in [2.75, 3.05) is 24.7 Å². The zero-order valence-electron chi connectivity index (χ0n) is 12.4. The molecule has 2 nitrogen and oxygen atoms in total. The third-order valence-corrected chi connectivity index (χ3v) is 6.64. The molecule has 2 atom stereocenters. The Labute approximate surface area is 122 Å². The zero-order valence-corrected chi connectivity index (χ0v) is 13.2. The van der Waals surface area contributed by atoms with Crippen molar-refractivity contribution >= 4 is 11.8 Å². The van der Waals surface area contributed by atoms with E-state index in [9.17, 15) is 0 Å². The third kappa shape index (κ3) is 2.84. The Morgan fingerprint density at radius 1 is 1.26 bits per heavy atom. The second-order valence-corrected chi connectivity index (χ2v) is 7.99. The Kier molecular flexibility index (Phi) is 4.45. The average molecular weight is 283 g/mol. The fourth-order valence-electron chi connectivity index (χ4n) is 4.63. The van der Waals surface area contributed by atoms with Crippen LogP contribution in [0.15, 0.2) is 0 Å². The average Bonchev–Trinajstić information content (AvgIpc) is 2.90. The van der Waals surface area contributed by atoms with Gasteiger partial charge >= 0.3 is 0 Å². The fourth-order valence-corrected chi connectivity index (χ4v) is 5.87. The first-order chi connectivity index (χ1) is 9.29. The Morgan fingerprint density at radius 3 is 2.79 bits per heavy atom. The van der Waals surface area contributed by atoms with Gasteiger partial charge < -0.3 is 10.1 Å². The van der Waals surface area contributed by atoms with Crippen molar-refractivity contribution in [1.29, 1.82) is 0 Å². The number of nitrogens with one attached hydrogen (secondary N) is 1. The van der Waals surface area contributed by atoms with Crippen LogP contribution in [-0.2, 0) is 4.74 Å². The molecule has 0 aliphatic carbocycles. The van der Waals surface area contributed by atoms with Crippen molar-refractivity contribution in [3.8, 4) is 0 Å². The van der Waals surface area contributed by atoms with Crippen molar-refractivity contribution in [3.05, 3.63) is 0 Å². The molecule has 0 saturated carbocycles. The molecular formula is C16H29NOS. The number of thioether (sulfide) groups is 1. The van der Waals surface area contributed by atoms with Gasteiger partial charge in [-0.05, 0) is 68.9 Å². The molecule has 1 spiro atoms. The van der Waals surface area contributed by atoms with Crippen molar-refractivity contribution in [2.45, 2.75) is 69.4 Å². The van der Waals surface area contributed by atoms with Gasteiger partial charge in [0.25, 0.3) is 0 Å². The summed E-state index contributed by atoms with van der Waals surface area (Å²) >= 11 is 2.11. The van der Waals surface area contributed by atoms with Gasteiger partial charge in [0.2, 0.25) is 0 Å². The van der Waals surface area contributed by atoms with Gasteiger partial charge in [-0.25, -0.2) is 0 Å². The monoisotopic (exact) mass is 283 g/mol. The first kappa shape index (κ1) is 14.2. The first-order valence-corrected chi connectivity index (χ1v) is 9.41. The zero-order chi connectivity index (χ0) is 13.2. The van der Waals surface area contributed by atoms with Gasteiger partial charge in [-0.3, -0.25) is 0 Å². The lowest BCUT2D eigenvalue weighted by atomic mass is 9.69. The number of hydrogen-bond acceptors (Lipinski definition) is 3. The summed E-state index contributed by atoms with van der Waals surface area (Å²) in [4.78, 5) is 0. The summed E-state index contributed by atoms with van der Waals surface area (Å²) in [6.45, 7) is 4.58. The van der Waals surface area contributed by atoms with Crippen LogP contribution in [0.2, 0.25) is 0 Å². The standard InChI is InChI=1S/C16H29NOS/c1-2-5-16(6-3-9-17-16)14-4-10-18-15(13-14)7-11-19-12-8-15/h14,17H,2-13H2,1H3. The van der Waals surface area contributed by atoms with E-state index in [1.165, 1.54) is 69.4 Å². The number of hydrogen-bond donors (Lipinski definition) is 1. The largest absolute Gasteiger partial charge is 0.375 e. The molecule has 0 radical (unpaired) electrons. The van der Waals surface area contributed by atoms with Gasteiger partial charge in [0.05, 0.1) is 5.60 Å².